The van der Waals surface area contributed by atoms with Crippen molar-refractivity contribution < 1.29 is 9.53 Å². The summed E-state index contributed by atoms with van der Waals surface area (Å²) in [7, 11) is 1.63. The molecule has 5 heteroatoms. The fourth-order valence-electron chi connectivity index (χ4n) is 3.27. The summed E-state index contributed by atoms with van der Waals surface area (Å²) in [5, 5.41) is 7.06. The highest BCUT2D eigenvalue weighted by Crippen LogP contribution is 2.26. The van der Waals surface area contributed by atoms with Crippen LogP contribution in [0.3, 0.4) is 0 Å². The van der Waals surface area contributed by atoms with Crippen LogP contribution in [0.25, 0.3) is 11.3 Å². The summed E-state index contributed by atoms with van der Waals surface area (Å²) >= 11 is 0. The summed E-state index contributed by atoms with van der Waals surface area (Å²) < 4.78 is 5.19. The lowest BCUT2D eigenvalue weighted by atomic mass is 9.99. The topological polar surface area (TPSA) is 58.2 Å². The summed E-state index contributed by atoms with van der Waals surface area (Å²) in [5.41, 5.74) is 4.81. The highest BCUT2D eigenvalue weighted by atomic mass is 16.5. The van der Waals surface area contributed by atoms with Crippen molar-refractivity contribution in [2.45, 2.75) is 13.0 Å². The standard InChI is InChI=1S/C20H19N3O2/c1-25-17-8-6-15(7-9-17)19-18(12-21-22-19)20(24)23-11-10-14-4-2-3-5-16(14)13-23/h2-9,12H,10-11,13H2,1H3,(H,21,22). The van der Waals surface area contributed by atoms with Gasteiger partial charge in [0.1, 0.15) is 5.75 Å². The van der Waals surface area contributed by atoms with E-state index in [2.05, 4.69) is 22.3 Å². The average molecular weight is 333 g/mol. The van der Waals surface area contributed by atoms with Gasteiger partial charge in [0.2, 0.25) is 0 Å². The van der Waals surface area contributed by atoms with E-state index in [0.717, 1.165) is 30.0 Å². The lowest BCUT2D eigenvalue weighted by Crippen LogP contribution is -2.36. The Morgan fingerprint density at radius 3 is 2.64 bits per heavy atom. The van der Waals surface area contributed by atoms with E-state index in [1.807, 2.05) is 41.3 Å². The van der Waals surface area contributed by atoms with Gasteiger partial charge < -0.3 is 9.64 Å². The van der Waals surface area contributed by atoms with Crippen molar-refractivity contribution in [1.29, 1.82) is 0 Å². The summed E-state index contributed by atoms with van der Waals surface area (Å²) in [6.07, 6.45) is 2.50. The van der Waals surface area contributed by atoms with Crippen molar-refractivity contribution >= 4 is 5.91 Å². The summed E-state index contributed by atoms with van der Waals surface area (Å²) in [6.45, 7) is 1.37. The maximum Gasteiger partial charge on any atom is 0.257 e. The number of ether oxygens (including phenoxy) is 1. The molecular weight excluding hydrogens is 314 g/mol. The van der Waals surface area contributed by atoms with Gasteiger partial charge in [0.15, 0.2) is 0 Å². The molecule has 0 spiro atoms. The first-order valence-corrected chi connectivity index (χ1v) is 8.30. The van der Waals surface area contributed by atoms with Crippen LogP contribution in [0.2, 0.25) is 0 Å². The third kappa shape index (κ3) is 2.89. The van der Waals surface area contributed by atoms with Gasteiger partial charge in [-0.1, -0.05) is 24.3 Å². The number of hydrogen-bond acceptors (Lipinski definition) is 3. The Balaban J connectivity index is 1.60. The largest absolute Gasteiger partial charge is 0.497 e. The van der Waals surface area contributed by atoms with Gasteiger partial charge >= 0.3 is 0 Å². The number of fused-ring (bicyclic) bond motifs is 1. The van der Waals surface area contributed by atoms with E-state index in [1.54, 1.807) is 13.3 Å². The van der Waals surface area contributed by atoms with Crippen LogP contribution in [0.4, 0.5) is 0 Å². The number of amides is 1. The lowest BCUT2D eigenvalue weighted by molar-refractivity contribution is 0.0735. The van der Waals surface area contributed by atoms with Crippen LogP contribution < -0.4 is 4.74 Å². The molecule has 0 saturated carbocycles. The number of methoxy groups -OCH3 is 1. The van der Waals surface area contributed by atoms with Gasteiger partial charge in [-0.05, 0) is 41.8 Å². The summed E-state index contributed by atoms with van der Waals surface area (Å²) in [4.78, 5) is 14.9. The van der Waals surface area contributed by atoms with E-state index in [-0.39, 0.29) is 5.91 Å². The molecule has 0 aliphatic carbocycles. The van der Waals surface area contributed by atoms with E-state index in [0.29, 0.717) is 12.1 Å². The number of carbonyl (C=O) groups excluding carboxylic acids is 1. The van der Waals surface area contributed by atoms with E-state index < -0.39 is 0 Å². The molecule has 1 N–H and O–H groups in total. The molecule has 126 valence electrons. The maximum atomic E-state index is 13.0. The SMILES string of the molecule is COc1ccc(-c2[nH]ncc2C(=O)N2CCc3ccccc3C2)cc1. The third-order valence-electron chi connectivity index (χ3n) is 4.67. The fraction of sp³-hybridized carbons (Fsp3) is 0.200. The Bertz CT molecular complexity index is 899. The minimum Gasteiger partial charge on any atom is -0.497 e. The first-order chi connectivity index (χ1) is 12.3. The zero-order chi connectivity index (χ0) is 17.2. The molecule has 0 unspecified atom stereocenters. The van der Waals surface area contributed by atoms with Crippen molar-refractivity contribution in [3.8, 4) is 17.0 Å². The summed E-state index contributed by atoms with van der Waals surface area (Å²) in [5.74, 6) is 0.790. The number of hydrogen-bond donors (Lipinski definition) is 1. The number of nitrogens with zero attached hydrogens (tertiary/aromatic N) is 2. The molecule has 3 aromatic rings. The monoisotopic (exact) mass is 333 g/mol. The zero-order valence-corrected chi connectivity index (χ0v) is 14.0. The Labute approximate surface area is 146 Å². The maximum absolute atomic E-state index is 13.0. The van der Waals surface area contributed by atoms with Crippen molar-refractivity contribution in [3.63, 3.8) is 0 Å². The molecule has 25 heavy (non-hydrogen) atoms. The molecule has 2 aromatic carbocycles. The van der Waals surface area contributed by atoms with Crippen molar-refractivity contribution in [2.24, 2.45) is 0 Å². The van der Waals surface area contributed by atoms with Crippen molar-refractivity contribution in [2.75, 3.05) is 13.7 Å². The third-order valence-corrected chi connectivity index (χ3v) is 4.67. The molecule has 2 heterocycles. The van der Waals surface area contributed by atoms with Crippen LogP contribution in [0.15, 0.2) is 54.7 Å². The molecule has 1 aliphatic rings. The van der Waals surface area contributed by atoms with Crippen LogP contribution in [0, 0.1) is 0 Å². The molecule has 5 nitrogen and oxygen atoms in total. The quantitative estimate of drug-likeness (QED) is 0.800. The molecule has 0 saturated heterocycles. The Morgan fingerprint density at radius 2 is 1.88 bits per heavy atom. The lowest BCUT2D eigenvalue weighted by Gasteiger charge is -2.28. The molecular formula is C20H19N3O2. The second kappa shape index (κ2) is 6.43. The molecule has 1 aliphatic heterocycles. The second-order valence-electron chi connectivity index (χ2n) is 6.13. The van der Waals surface area contributed by atoms with Gasteiger partial charge in [0.25, 0.3) is 5.91 Å². The van der Waals surface area contributed by atoms with Gasteiger partial charge in [0, 0.05) is 18.7 Å². The first-order valence-electron chi connectivity index (χ1n) is 8.30. The first kappa shape index (κ1) is 15.4. The van der Waals surface area contributed by atoms with Crippen LogP contribution >= 0.6 is 0 Å². The number of H-pyrrole nitrogens is 1. The number of nitrogens with one attached hydrogen (secondary N) is 1. The normalized spacial score (nSPS) is 13.4. The Morgan fingerprint density at radius 1 is 1.12 bits per heavy atom. The Hall–Kier alpha value is -3.08. The highest BCUT2D eigenvalue weighted by Gasteiger charge is 2.24. The predicted octanol–water partition coefficient (Wildman–Crippen LogP) is 3.28. The van der Waals surface area contributed by atoms with Gasteiger partial charge in [-0.25, -0.2) is 0 Å². The zero-order valence-electron chi connectivity index (χ0n) is 14.0. The molecule has 0 radical (unpaired) electrons. The molecule has 4 rings (SSSR count). The van der Waals surface area contributed by atoms with E-state index in [4.69, 9.17) is 4.74 Å². The predicted molar refractivity (Wildman–Crippen MR) is 95.5 cm³/mol. The molecule has 1 aromatic heterocycles. The van der Waals surface area contributed by atoms with Crippen LogP contribution in [-0.4, -0.2) is 34.7 Å². The van der Waals surface area contributed by atoms with Gasteiger partial charge in [-0.2, -0.15) is 5.10 Å². The smallest absolute Gasteiger partial charge is 0.257 e. The van der Waals surface area contributed by atoms with Gasteiger partial charge in [0.05, 0.1) is 24.6 Å². The minimum atomic E-state index is 0.00840. The minimum absolute atomic E-state index is 0.00840. The number of aromatic nitrogens is 2. The second-order valence-corrected chi connectivity index (χ2v) is 6.13. The number of carbonyl (C=O) groups is 1. The van der Waals surface area contributed by atoms with Crippen LogP contribution in [-0.2, 0) is 13.0 Å². The average Bonchev–Trinajstić information content (AvgIpc) is 3.17. The molecule has 0 bridgehead atoms. The fourth-order valence-corrected chi connectivity index (χ4v) is 3.27. The Kier molecular flexibility index (Phi) is 3.98. The van der Waals surface area contributed by atoms with E-state index >= 15 is 0 Å². The van der Waals surface area contributed by atoms with E-state index in [1.165, 1.54) is 11.1 Å². The molecule has 0 fully saturated rings. The van der Waals surface area contributed by atoms with Crippen molar-refractivity contribution in [1.82, 2.24) is 15.1 Å². The van der Waals surface area contributed by atoms with Gasteiger partial charge in [-0.15, -0.1) is 0 Å². The van der Waals surface area contributed by atoms with Gasteiger partial charge in [-0.3, -0.25) is 9.89 Å². The summed E-state index contributed by atoms with van der Waals surface area (Å²) in [6, 6.07) is 15.9. The highest BCUT2D eigenvalue weighted by molar-refractivity contribution is 5.99. The molecule has 1 amide bonds. The van der Waals surface area contributed by atoms with Crippen LogP contribution in [0.5, 0.6) is 5.75 Å². The van der Waals surface area contributed by atoms with Crippen LogP contribution in [0.1, 0.15) is 21.5 Å². The van der Waals surface area contributed by atoms with E-state index in [9.17, 15) is 4.79 Å². The number of benzene rings is 2. The molecule has 0 atom stereocenters. The number of aromatic amines is 1. The van der Waals surface area contributed by atoms with Crippen molar-refractivity contribution in [3.05, 3.63) is 71.4 Å². The number of rotatable bonds is 3.